The number of carboxylic acids is 1. The van der Waals surface area contributed by atoms with Gasteiger partial charge in [-0.15, -0.1) is 0 Å². The number of nitrogens with one attached hydrogen (secondary N) is 1. The minimum Gasteiger partial charge on any atom is -0.481 e. The van der Waals surface area contributed by atoms with Gasteiger partial charge >= 0.3 is 12.0 Å². The molecule has 0 saturated carbocycles. The number of benzene rings is 2. The first-order valence-electron chi connectivity index (χ1n) is 11.8. The average molecular weight is 436 g/mol. The number of aryl methyl sites for hydroxylation is 1. The molecule has 2 N–H and O–H groups in total. The van der Waals surface area contributed by atoms with Gasteiger partial charge in [0, 0.05) is 31.7 Å². The van der Waals surface area contributed by atoms with Gasteiger partial charge in [0.25, 0.3) is 0 Å². The molecule has 4 rings (SSSR count). The lowest BCUT2D eigenvalue weighted by Crippen LogP contribution is -2.29. The van der Waals surface area contributed by atoms with Crippen LogP contribution in [0.5, 0.6) is 0 Å². The number of fused-ring (bicyclic) bond motifs is 1. The molecular formula is C26H33N3O3. The molecule has 1 unspecified atom stereocenters. The Bertz CT molecular complexity index is 957. The number of nitrogens with zero attached hydrogens (tertiary/aromatic N) is 2. The summed E-state index contributed by atoms with van der Waals surface area (Å²) < 4.78 is 0. The first-order valence-corrected chi connectivity index (χ1v) is 11.8. The Labute approximate surface area is 190 Å². The number of carbonyl (C=O) groups excluding carboxylic acids is 1. The van der Waals surface area contributed by atoms with Crippen molar-refractivity contribution in [2.24, 2.45) is 0 Å². The highest BCUT2D eigenvalue weighted by atomic mass is 16.4. The SMILES string of the molecule is CCCCN1CCc2ccc(N3C(=O)NCC3c3ccc(CCC(=O)O)cc3)cc2CC1. The second-order valence-electron chi connectivity index (χ2n) is 8.86. The molecule has 0 aromatic heterocycles. The quantitative estimate of drug-likeness (QED) is 0.653. The lowest BCUT2D eigenvalue weighted by molar-refractivity contribution is -0.136. The van der Waals surface area contributed by atoms with Gasteiger partial charge in [-0.05, 0) is 66.6 Å². The van der Waals surface area contributed by atoms with Crippen molar-refractivity contribution in [1.82, 2.24) is 10.2 Å². The van der Waals surface area contributed by atoms with Crippen LogP contribution in [0.4, 0.5) is 10.5 Å². The molecule has 6 nitrogen and oxygen atoms in total. The van der Waals surface area contributed by atoms with E-state index >= 15 is 0 Å². The van der Waals surface area contributed by atoms with Crippen molar-refractivity contribution in [2.45, 2.75) is 51.5 Å². The van der Waals surface area contributed by atoms with Gasteiger partial charge in [0.15, 0.2) is 0 Å². The van der Waals surface area contributed by atoms with Crippen molar-refractivity contribution < 1.29 is 14.7 Å². The highest BCUT2D eigenvalue weighted by Crippen LogP contribution is 2.33. The predicted molar refractivity (Wildman–Crippen MR) is 126 cm³/mol. The molecule has 1 saturated heterocycles. The summed E-state index contributed by atoms with van der Waals surface area (Å²) in [6, 6.07) is 14.3. The number of hydrogen-bond acceptors (Lipinski definition) is 3. The molecule has 2 aliphatic heterocycles. The number of carboxylic acid groups (broad SMARTS) is 1. The molecule has 170 valence electrons. The highest BCUT2D eigenvalue weighted by Gasteiger charge is 2.33. The third-order valence-electron chi connectivity index (χ3n) is 6.66. The van der Waals surface area contributed by atoms with Crippen LogP contribution in [0.1, 0.15) is 54.5 Å². The zero-order valence-corrected chi connectivity index (χ0v) is 18.8. The Balaban J connectivity index is 1.50. The van der Waals surface area contributed by atoms with Crippen LogP contribution in [-0.4, -0.2) is 48.2 Å². The number of unbranched alkanes of at least 4 members (excludes halogenated alkanes) is 1. The fraction of sp³-hybridized carbons (Fsp3) is 0.462. The second-order valence-corrected chi connectivity index (χ2v) is 8.86. The molecule has 6 heteroatoms. The number of aliphatic carboxylic acids is 1. The Morgan fingerprint density at radius 1 is 1.09 bits per heavy atom. The average Bonchev–Trinajstić information content (AvgIpc) is 3.06. The molecule has 2 aromatic carbocycles. The van der Waals surface area contributed by atoms with E-state index in [1.54, 1.807) is 0 Å². The zero-order chi connectivity index (χ0) is 22.5. The number of urea groups is 1. The Morgan fingerprint density at radius 3 is 2.56 bits per heavy atom. The van der Waals surface area contributed by atoms with Gasteiger partial charge in [-0.25, -0.2) is 4.79 Å². The van der Waals surface area contributed by atoms with E-state index in [0.717, 1.165) is 49.3 Å². The van der Waals surface area contributed by atoms with Gasteiger partial charge in [0.05, 0.1) is 6.04 Å². The van der Waals surface area contributed by atoms with E-state index in [1.807, 2.05) is 29.2 Å². The Kier molecular flexibility index (Phi) is 7.10. The summed E-state index contributed by atoms with van der Waals surface area (Å²) in [5.41, 5.74) is 5.75. The fourth-order valence-corrected chi connectivity index (χ4v) is 4.74. The van der Waals surface area contributed by atoms with Crippen molar-refractivity contribution in [1.29, 1.82) is 0 Å². The summed E-state index contributed by atoms with van der Waals surface area (Å²) >= 11 is 0. The standard InChI is InChI=1S/C26H33N3O3/c1-2-3-14-28-15-12-20-9-10-23(17-22(20)13-16-28)29-24(18-27-26(29)32)21-7-4-19(5-8-21)6-11-25(30)31/h4-5,7-10,17,24H,2-3,6,11-16,18H2,1H3,(H,27,32)(H,30,31). The van der Waals surface area contributed by atoms with Crippen molar-refractivity contribution >= 4 is 17.7 Å². The van der Waals surface area contributed by atoms with Gasteiger partial charge < -0.3 is 15.3 Å². The van der Waals surface area contributed by atoms with Crippen molar-refractivity contribution in [3.63, 3.8) is 0 Å². The molecule has 2 aromatic rings. The van der Waals surface area contributed by atoms with E-state index in [2.05, 4.69) is 35.3 Å². The molecule has 1 fully saturated rings. The first kappa shape index (κ1) is 22.3. The van der Waals surface area contributed by atoms with E-state index in [0.29, 0.717) is 13.0 Å². The van der Waals surface area contributed by atoms with Gasteiger partial charge in [-0.3, -0.25) is 9.69 Å². The summed E-state index contributed by atoms with van der Waals surface area (Å²) in [6.45, 7) is 6.14. The van der Waals surface area contributed by atoms with Gasteiger partial charge in [0.2, 0.25) is 0 Å². The molecule has 2 heterocycles. The second kappa shape index (κ2) is 10.2. The van der Waals surface area contributed by atoms with Crippen LogP contribution in [0.25, 0.3) is 0 Å². The maximum Gasteiger partial charge on any atom is 0.322 e. The summed E-state index contributed by atoms with van der Waals surface area (Å²) in [6.07, 6.45) is 5.19. The van der Waals surface area contributed by atoms with E-state index in [9.17, 15) is 9.59 Å². The predicted octanol–water partition coefficient (Wildman–Crippen LogP) is 4.18. The Hall–Kier alpha value is -2.86. The molecule has 32 heavy (non-hydrogen) atoms. The van der Waals surface area contributed by atoms with Crippen molar-refractivity contribution in [3.05, 3.63) is 64.7 Å². The largest absolute Gasteiger partial charge is 0.481 e. The van der Waals surface area contributed by atoms with E-state index in [1.165, 1.54) is 24.0 Å². The van der Waals surface area contributed by atoms with E-state index in [4.69, 9.17) is 5.11 Å². The molecule has 2 aliphatic rings. The van der Waals surface area contributed by atoms with E-state index in [-0.39, 0.29) is 18.5 Å². The zero-order valence-electron chi connectivity index (χ0n) is 18.8. The van der Waals surface area contributed by atoms with E-state index < -0.39 is 5.97 Å². The number of anilines is 1. The maximum atomic E-state index is 12.8. The van der Waals surface area contributed by atoms with Crippen LogP contribution in [0.3, 0.4) is 0 Å². The molecule has 1 atom stereocenters. The third-order valence-corrected chi connectivity index (χ3v) is 6.66. The number of amides is 2. The molecule has 2 amide bonds. The minimum atomic E-state index is -0.789. The molecule has 0 bridgehead atoms. The number of hydrogen-bond donors (Lipinski definition) is 2. The van der Waals surface area contributed by atoms with Crippen LogP contribution < -0.4 is 10.2 Å². The Morgan fingerprint density at radius 2 is 1.84 bits per heavy atom. The number of rotatable bonds is 8. The maximum absolute atomic E-state index is 12.8. The molecular weight excluding hydrogens is 402 g/mol. The fourth-order valence-electron chi connectivity index (χ4n) is 4.74. The lowest BCUT2D eigenvalue weighted by Gasteiger charge is -2.25. The molecule has 0 radical (unpaired) electrons. The molecule has 0 spiro atoms. The third kappa shape index (κ3) is 5.13. The lowest BCUT2D eigenvalue weighted by atomic mass is 9.99. The summed E-state index contributed by atoms with van der Waals surface area (Å²) in [5.74, 6) is -0.789. The van der Waals surface area contributed by atoms with Crippen LogP contribution in [-0.2, 0) is 24.1 Å². The van der Waals surface area contributed by atoms with Crippen LogP contribution in [0, 0.1) is 0 Å². The normalized spacial score (nSPS) is 18.8. The van der Waals surface area contributed by atoms with Crippen LogP contribution in [0.2, 0.25) is 0 Å². The number of carbonyl (C=O) groups is 2. The summed E-state index contributed by atoms with van der Waals surface area (Å²) in [4.78, 5) is 28.0. The van der Waals surface area contributed by atoms with Crippen LogP contribution >= 0.6 is 0 Å². The van der Waals surface area contributed by atoms with Crippen LogP contribution in [0.15, 0.2) is 42.5 Å². The first-order chi connectivity index (χ1) is 15.5. The van der Waals surface area contributed by atoms with Gasteiger partial charge in [-0.1, -0.05) is 43.7 Å². The topological polar surface area (TPSA) is 72.9 Å². The highest BCUT2D eigenvalue weighted by molar-refractivity contribution is 5.95. The minimum absolute atomic E-state index is 0.0666. The van der Waals surface area contributed by atoms with Gasteiger partial charge in [0.1, 0.15) is 0 Å². The monoisotopic (exact) mass is 435 g/mol. The van der Waals surface area contributed by atoms with Gasteiger partial charge in [-0.2, -0.15) is 0 Å². The molecule has 0 aliphatic carbocycles. The smallest absolute Gasteiger partial charge is 0.322 e. The van der Waals surface area contributed by atoms with Crippen molar-refractivity contribution in [2.75, 3.05) is 31.1 Å². The summed E-state index contributed by atoms with van der Waals surface area (Å²) in [5, 5.41) is 11.9. The summed E-state index contributed by atoms with van der Waals surface area (Å²) in [7, 11) is 0. The van der Waals surface area contributed by atoms with Crippen molar-refractivity contribution in [3.8, 4) is 0 Å².